The van der Waals surface area contributed by atoms with E-state index in [0.29, 0.717) is 15.9 Å². The highest BCUT2D eigenvalue weighted by molar-refractivity contribution is 9.10. The second-order valence-electron chi connectivity index (χ2n) is 3.33. The minimum Gasteiger partial charge on any atom is -0.342 e. The number of halogens is 1. The molecule has 0 aliphatic rings. The van der Waals surface area contributed by atoms with Crippen molar-refractivity contribution in [3.8, 4) is 11.4 Å². The topological polar surface area (TPSA) is 71.8 Å². The molecule has 2 rings (SSSR count). The summed E-state index contributed by atoms with van der Waals surface area (Å²) in [5, 5.41) is 10.9. The second kappa shape index (κ2) is 4.05. The minimum atomic E-state index is -0.419. The first-order chi connectivity index (χ1) is 7.58. The number of rotatable bonds is 2. The fourth-order valence-electron chi connectivity index (χ4n) is 1.41. The van der Waals surface area contributed by atoms with E-state index < -0.39 is 4.92 Å². The van der Waals surface area contributed by atoms with Crippen molar-refractivity contribution < 1.29 is 4.92 Å². The molecule has 0 unspecified atom stereocenters. The zero-order chi connectivity index (χ0) is 11.7. The molecule has 1 aromatic heterocycles. The number of aromatic nitrogens is 2. The van der Waals surface area contributed by atoms with Crippen molar-refractivity contribution in [1.82, 2.24) is 9.97 Å². The number of nitro groups is 1. The molecule has 5 nitrogen and oxygen atoms in total. The van der Waals surface area contributed by atoms with Crippen LogP contribution < -0.4 is 0 Å². The van der Waals surface area contributed by atoms with Crippen molar-refractivity contribution in [2.24, 2.45) is 0 Å². The number of imidazole rings is 1. The molecule has 2 aromatic rings. The van der Waals surface area contributed by atoms with Crippen LogP contribution in [-0.2, 0) is 0 Å². The number of nitro benzene ring substituents is 1. The molecule has 0 aliphatic heterocycles. The summed E-state index contributed by atoms with van der Waals surface area (Å²) >= 11 is 3.21. The number of hydrogen-bond donors (Lipinski definition) is 1. The molecule has 1 heterocycles. The quantitative estimate of drug-likeness (QED) is 0.679. The molecule has 0 bridgehead atoms. The lowest BCUT2D eigenvalue weighted by Crippen LogP contribution is -1.93. The van der Waals surface area contributed by atoms with Crippen molar-refractivity contribution >= 4 is 21.6 Å². The van der Waals surface area contributed by atoms with Gasteiger partial charge < -0.3 is 4.98 Å². The van der Waals surface area contributed by atoms with Gasteiger partial charge in [0.1, 0.15) is 5.82 Å². The van der Waals surface area contributed by atoms with Gasteiger partial charge in [0, 0.05) is 22.4 Å². The number of nitrogens with zero attached hydrogens (tertiary/aromatic N) is 2. The van der Waals surface area contributed by atoms with E-state index in [1.165, 1.54) is 6.07 Å². The van der Waals surface area contributed by atoms with Gasteiger partial charge in [-0.1, -0.05) is 15.9 Å². The molecule has 1 aromatic carbocycles. The van der Waals surface area contributed by atoms with Gasteiger partial charge in [-0.3, -0.25) is 10.1 Å². The van der Waals surface area contributed by atoms with E-state index in [4.69, 9.17) is 0 Å². The van der Waals surface area contributed by atoms with Crippen LogP contribution in [0.4, 0.5) is 5.69 Å². The Bertz CT molecular complexity index is 551. The summed E-state index contributed by atoms with van der Waals surface area (Å²) in [7, 11) is 0. The minimum absolute atomic E-state index is 0.0312. The van der Waals surface area contributed by atoms with Gasteiger partial charge in [0.25, 0.3) is 5.69 Å². The first kappa shape index (κ1) is 10.8. The van der Waals surface area contributed by atoms with Gasteiger partial charge in [0.15, 0.2) is 0 Å². The Labute approximate surface area is 99.8 Å². The Morgan fingerprint density at radius 2 is 2.25 bits per heavy atom. The SMILES string of the molecule is Cc1cnc(-c2ccc(Br)cc2[N+](=O)[O-])[nH]1. The molecule has 0 saturated heterocycles. The maximum absolute atomic E-state index is 10.9. The van der Waals surface area contributed by atoms with E-state index in [9.17, 15) is 10.1 Å². The van der Waals surface area contributed by atoms with Crippen LogP contribution in [0.3, 0.4) is 0 Å². The maximum atomic E-state index is 10.9. The lowest BCUT2D eigenvalue weighted by atomic mass is 10.2. The predicted molar refractivity (Wildman–Crippen MR) is 63.1 cm³/mol. The van der Waals surface area contributed by atoms with Crippen LogP contribution in [0.5, 0.6) is 0 Å². The van der Waals surface area contributed by atoms with Crippen molar-refractivity contribution in [1.29, 1.82) is 0 Å². The molecule has 0 spiro atoms. The Kier molecular flexibility index (Phi) is 2.74. The van der Waals surface area contributed by atoms with Gasteiger partial charge in [0.2, 0.25) is 0 Å². The number of aromatic amines is 1. The van der Waals surface area contributed by atoms with Gasteiger partial charge in [-0.25, -0.2) is 4.98 Å². The first-order valence-corrected chi connectivity index (χ1v) is 5.33. The maximum Gasteiger partial charge on any atom is 0.281 e. The number of benzene rings is 1. The van der Waals surface area contributed by atoms with Gasteiger partial charge in [-0.05, 0) is 19.1 Å². The summed E-state index contributed by atoms with van der Waals surface area (Å²) in [5.41, 5.74) is 1.39. The molecule has 0 saturated carbocycles. The van der Waals surface area contributed by atoms with Gasteiger partial charge in [0.05, 0.1) is 10.5 Å². The smallest absolute Gasteiger partial charge is 0.281 e. The molecular weight excluding hydrogens is 274 g/mol. The number of nitrogens with one attached hydrogen (secondary N) is 1. The van der Waals surface area contributed by atoms with E-state index in [0.717, 1.165) is 5.69 Å². The third-order valence-electron chi connectivity index (χ3n) is 2.11. The molecule has 1 N–H and O–H groups in total. The number of aryl methyl sites for hydroxylation is 1. The highest BCUT2D eigenvalue weighted by Crippen LogP contribution is 2.30. The molecule has 0 radical (unpaired) electrons. The van der Waals surface area contributed by atoms with Crippen LogP contribution in [0.2, 0.25) is 0 Å². The molecule has 0 fully saturated rings. The van der Waals surface area contributed by atoms with E-state index in [1.807, 2.05) is 6.92 Å². The van der Waals surface area contributed by atoms with E-state index >= 15 is 0 Å². The van der Waals surface area contributed by atoms with Crippen molar-refractivity contribution in [3.05, 3.63) is 44.7 Å². The van der Waals surface area contributed by atoms with Gasteiger partial charge in [-0.2, -0.15) is 0 Å². The summed E-state index contributed by atoms with van der Waals surface area (Å²) < 4.78 is 0.672. The zero-order valence-electron chi connectivity index (χ0n) is 8.40. The molecular formula is C10H8BrN3O2. The summed E-state index contributed by atoms with van der Waals surface area (Å²) in [4.78, 5) is 17.5. The molecule has 0 atom stereocenters. The molecule has 0 amide bonds. The normalized spacial score (nSPS) is 10.4. The third-order valence-corrected chi connectivity index (χ3v) is 2.61. The Morgan fingerprint density at radius 1 is 1.50 bits per heavy atom. The van der Waals surface area contributed by atoms with Crippen molar-refractivity contribution in [3.63, 3.8) is 0 Å². The Balaban J connectivity index is 2.60. The average molecular weight is 282 g/mol. The van der Waals surface area contributed by atoms with Crippen LogP contribution in [-0.4, -0.2) is 14.9 Å². The van der Waals surface area contributed by atoms with Crippen LogP contribution in [0.15, 0.2) is 28.9 Å². The summed E-state index contributed by atoms with van der Waals surface area (Å²) in [5.74, 6) is 0.511. The summed E-state index contributed by atoms with van der Waals surface area (Å²) in [6.07, 6.45) is 1.64. The average Bonchev–Trinajstić information content (AvgIpc) is 2.64. The zero-order valence-corrected chi connectivity index (χ0v) is 9.98. The summed E-state index contributed by atoms with van der Waals surface area (Å²) in [6, 6.07) is 4.88. The highest BCUT2D eigenvalue weighted by Gasteiger charge is 2.17. The molecule has 16 heavy (non-hydrogen) atoms. The van der Waals surface area contributed by atoms with Gasteiger partial charge >= 0.3 is 0 Å². The highest BCUT2D eigenvalue weighted by atomic mass is 79.9. The van der Waals surface area contributed by atoms with E-state index in [1.54, 1.807) is 18.3 Å². The standard InChI is InChI=1S/C10H8BrN3O2/c1-6-5-12-10(13-6)8-3-2-7(11)4-9(8)14(15)16/h2-5H,1H3,(H,12,13). The van der Waals surface area contributed by atoms with Crippen molar-refractivity contribution in [2.45, 2.75) is 6.92 Å². The summed E-state index contributed by atoms with van der Waals surface area (Å²) in [6.45, 7) is 1.85. The molecule has 82 valence electrons. The van der Waals surface area contributed by atoms with Crippen LogP contribution in [0, 0.1) is 17.0 Å². The largest absolute Gasteiger partial charge is 0.342 e. The van der Waals surface area contributed by atoms with Gasteiger partial charge in [-0.15, -0.1) is 0 Å². The van der Waals surface area contributed by atoms with Crippen LogP contribution >= 0.6 is 15.9 Å². The Morgan fingerprint density at radius 3 is 2.81 bits per heavy atom. The van der Waals surface area contributed by atoms with Crippen molar-refractivity contribution in [2.75, 3.05) is 0 Å². The van der Waals surface area contributed by atoms with Crippen LogP contribution in [0.1, 0.15) is 5.69 Å². The lowest BCUT2D eigenvalue weighted by Gasteiger charge is -2.00. The third kappa shape index (κ3) is 1.96. The molecule has 0 aliphatic carbocycles. The number of hydrogen-bond acceptors (Lipinski definition) is 3. The Hall–Kier alpha value is -1.69. The fourth-order valence-corrected chi connectivity index (χ4v) is 1.75. The van der Waals surface area contributed by atoms with E-state index in [-0.39, 0.29) is 5.69 Å². The molecule has 6 heteroatoms. The predicted octanol–water partition coefficient (Wildman–Crippen LogP) is 3.06. The van der Waals surface area contributed by atoms with Crippen LogP contribution in [0.25, 0.3) is 11.4 Å². The number of H-pyrrole nitrogens is 1. The monoisotopic (exact) mass is 281 g/mol. The fraction of sp³-hybridized carbons (Fsp3) is 0.100. The lowest BCUT2D eigenvalue weighted by molar-refractivity contribution is -0.384. The van der Waals surface area contributed by atoms with E-state index in [2.05, 4.69) is 25.9 Å². The first-order valence-electron chi connectivity index (χ1n) is 4.54. The second-order valence-corrected chi connectivity index (χ2v) is 4.25.